The minimum Gasteiger partial charge on any atom is -0.371 e. The molecule has 0 amide bonds. The van der Waals surface area contributed by atoms with Gasteiger partial charge in [-0.25, -0.2) is 0 Å². The Kier molecular flexibility index (Phi) is 3.72. The molecule has 4 rings (SSSR count). The Morgan fingerprint density at radius 1 is 0.846 bits per heavy atom. The van der Waals surface area contributed by atoms with Crippen molar-refractivity contribution < 1.29 is 9.59 Å². The number of rotatable bonds is 3. The van der Waals surface area contributed by atoms with Crippen LogP contribution in [0.15, 0.2) is 47.3 Å². The quantitative estimate of drug-likeness (QED) is 0.619. The van der Waals surface area contributed by atoms with Crippen LogP contribution in [0, 0.1) is 0 Å². The van der Waals surface area contributed by atoms with Gasteiger partial charge in [-0.15, -0.1) is 0 Å². The number of hydrogen-bond acceptors (Lipinski definition) is 4. The highest BCUT2D eigenvalue weighted by molar-refractivity contribution is 6.32. The van der Waals surface area contributed by atoms with Crippen LogP contribution in [0.2, 0.25) is 0 Å². The SMILES string of the molecule is CCN(CC)c1cc(=O)[nH]c2c3c(ccc12)C(=O)c1ccccc1C3=O. The van der Waals surface area contributed by atoms with Gasteiger partial charge in [-0.2, -0.15) is 0 Å². The van der Waals surface area contributed by atoms with Crippen molar-refractivity contribution in [1.82, 2.24) is 4.98 Å². The summed E-state index contributed by atoms with van der Waals surface area (Å²) in [5.74, 6) is -0.417. The standard InChI is InChI=1S/C21H18N2O3/c1-3-23(4-2)16-11-17(24)22-19-14(16)9-10-15-18(19)21(26)13-8-6-5-7-12(13)20(15)25/h5-11H,3-4H2,1-2H3,(H,22,24). The second-order valence-electron chi connectivity index (χ2n) is 6.31. The third-order valence-corrected chi connectivity index (χ3v) is 4.99. The van der Waals surface area contributed by atoms with Crippen LogP contribution < -0.4 is 10.5 Å². The summed E-state index contributed by atoms with van der Waals surface area (Å²) in [5, 5.41) is 0.771. The molecule has 1 N–H and O–H groups in total. The molecule has 1 heterocycles. The summed E-state index contributed by atoms with van der Waals surface area (Å²) in [7, 11) is 0. The van der Waals surface area contributed by atoms with Crippen LogP contribution in [-0.2, 0) is 0 Å². The molecule has 5 nitrogen and oxygen atoms in total. The van der Waals surface area contributed by atoms with E-state index >= 15 is 0 Å². The number of nitrogens with one attached hydrogen (secondary N) is 1. The number of aromatic nitrogens is 1. The van der Waals surface area contributed by atoms with Gasteiger partial charge in [-0.1, -0.05) is 30.3 Å². The van der Waals surface area contributed by atoms with E-state index in [1.165, 1.54) is 0 Å². The fourth-order valence-corrected chi connectivity index (χ4v) is 3.72. The molecule has 130 valence electrons. The number of aromatic amines is 1. The number of ketones is 2. The predicted molar refractivity (Wildman–Crippen MR) is 101 cm³/mol. The summed E-state index contributed by atoms with van der Waals surface area (Å²) in [6.07, 6.45) is 0. The van der Waals surface area contributed by atoms with E-state index in [4.69, 9.17) is 0 Å². The Balaban J connectivity index is 2.08. The van der Waals surface area contributed by atoms with Crippen molar-refractivity contribution in [3.8, 4) is 0 Å². The summed E-state index contributed by atoms with van der Waals surface area (Å²) in [5.41, 5.74) is 2.34. The van der Waals surface area contributed by atoms with Gasteiger partial charge in [-0.05, 0) is 19.9 Å². The number of carbonyl (C=O) groups excluding carboxylic acids is 2. The molecule has 1 aliphatic carbocycles. The van der Waals surface area contributed by atoms with Gasteiger partial charge in [0, 0.05) is 41.2 Å². The van der Waals surface area contributed by atoms with Gasteiger partial charge in [0.1, 0.15) is 0 Å². The van der Waals surface area contributed by atoms with Crippen molar-refractivity contribution in [2.75, 3.05) is 18.0 Å². The van der Waals surface area contributed by atoms with E-state index in [0.29, 0.717) is 22.2 Å². The van der Waals surface area contributed by atoms with E-state index in [9.17, 15) is 14.4 Å². The average molecular weight is 346 g/mol. The maximum atomic E-state index is 13.1. The van der Waals surface area contributed by atoms with Gasteiger partial charge in [0.05, 0.1) is 16.8 Å². The first-order valence-corrected chi connectivity index (χ1v) is 8.70. The fraction of sp³-hybridized carbons (Fsp3) is 0.190. The molecule has 0 aliphatic heterocycles. The van der Waals surface area contributed by atoms with Gasteiger partial charge in [0.2, 0.25) is 0 Å². The number of anilines is 1. The lowest BCUT2D eigenvalue weighted by molar-refractivity contribution is 0.0980. The normalized spacial score (nSPS) is 12.8. The van der Waals surface area contributed by atoms with Crippen molar-refractivity contribution in [2.24, 2.45) is 0 Å². The molecule has 5 heteroatoms. The molecule has 1 aliphatic rings. The topological polar surface area (TPSA) is 70.2 Å². The zero-order valence-corrected chi connectivity index (χ0v) is 14.6. The van der Waals surface area contributed by atoms with E-state index in [0.717, 1.165) is 24.2 Å². The van der Waals surface area contributed by atoms with Crippen molar-refractivity contribution in [1.29, 1.82) is 0 Å². The summed E-state index contributed by atoms with van der Waals surface area (Å²) < 4.78 is 0. The third kappa shape index (κ3) is 2.20. The summed E-state index contributed by atoms with van der Waals surface area (Å²) in [4.78, 5) is 43.1. The van der Waals surface area contributed by atoms with Crippen molar-refractivity contribution in [3.63, 3.8) is 0 Å². The van der Waals surface area contributed by atoms with Crippen LogP contribution in [0.3, 0.4) is 0 Å². The van der Waals surface area contributed by atoms with Gasteiger partial charge in [-0.3, -0.25) is 14.4 Å². The molecule has 0 saturated carbocycles. The minimum atomic E-state index is -0.285. The van der Waals surface area contributed by atoms with Crippen LogP contribution in [0.5, 0.6) is 0 Å². The second-order valence-corrected chi connectivity index (χ2v) is 6.31. The highest BCUT2D eigenvalue weighted by atomic mass is 16.1. The molecule has 0 bridgehead atoms. The predicted octanol–water partition coefficient (Wildman–Crippen LogP) is 3.15. The molecule has 26 heavy (non-hydrogen) atoms. The van der Waals surface area contributed by atoms with Crippen LogP contribution in [0.1, 0.15) is 45.7 Å². The smallest absolute Gasteiger partial charge is 0.250 e. The molecule has 2 aromatic carbocycles. The molecule has 3 aromatic rings. The van der Waals surface area contributed by atoms with Gasteiger partial charge in [0.25, 0.3) is 5.56 Å². The largest absolute Gasteiger partial charge is 0.371 e. The molecule has 0 radical (unpaired) electrons. The van der Waals surface area contributed by atoms with Crippen LogP contribution in [0.4, 0.5) is 5.69 Å². The number of hydrogen-bond donors (Lipinski definition) is 1. The average Bonchev–Trinajstić information content (AvgIpc) is 2.66. The van der Waals surface area contributed by atoms with Crippen molar-refractivity contribution in [3.05, 3.63) is 75.1 Å². The first kappa shape index (κ1) is 16.3. The fourth-order valence-electron chi connectivity index (χ4n) is 3.72. The lowest BCUT2D eigenvalue weighted by Gasteiger charge is -2.24. The summed E-state index contributed by atoms with van der Waals surface area (Å²) >= 11 is 0. The second kappa shape index (κ2) is 5.95. The summed E-state index contributed by atoms with van der Waals surface area (Å²) in [6, 6.07) is 11.9. The van der Waals surface area contributed by atoms with Gasteiger partial charge in [0.15, 0.2) is 11.6 Å². The highest BCUT2D eigenvalue weighted by Crippen LogP contribution is 2.34. The lowest BCUT2D eigenvalue weighted by Crippen LogP contribution is -2.26. The first-order chi connectivity index (χ1) is 12.6. The Bertz CT molecular complexity index is 1120. The van der Waals surface area contributed by atoms with Gasteiger partial charge < -0.3 is 9.88 Å². The summed E-state index contributed by atoms with van der Waals surface area (Å²) in [6.45, 7) is 5.50. The Morgan fingerprint density at radius 2 is 1.50 bits per heavy atom. The Morgan fingerprint density at radius 3 is 2.15 bits per heavy atom. The highest BCUT2D eigenvalue weighted by Gasteiger charge is 2.31. The number of fused-ring (bicyclic) bond motifs is 4. The van der Waals surface area contributed by atoms with Gasteiger partial charge >= 0.3 is 0 Å². The lowest BCUT2D eigenvalue weighted by atomic mass is 9.83. The molecule has 0 spiro atoms. The van der Waals surface area contributed by atoms with Crippen molar-refractivity contribution >= 4 is 28.2 Å². The van der Waals surface area contributed by atoms with Crippen LogP contribution in [-0.4, -0.2) is 29.6 Å². The van der Waals surface area contributed by atoms with E-state index in [1.807, 2.05) is 19.9 Å². The minimum absolute atomic E-state index is 0.189. The number of nitrogens with zero attached hydrogens (tertiary/aromatic N) is 1. The molecule has 1 aromatic heterocycles. The van der Waals surface area contributed by atoms with E-state index in [2.05, 4.69) is 9.88 Å². The first-order valence-electron chi connectivity index (χ1n) is 8.70. The number of carbonyl (C=O) groups is 2. The Labute approximate surface area is 150 Å². The van der Waals surface area contributed by atoms with E-state index < -0.39 is 0 Å². The monoisotopic (exact) mass is 346 g/mol. The molecule has 0 unspecified atom stereocenters. The van der Waals surface area contributed by atoms with E-state index in [1.54, 1.807) is 36.4 Å². The molecular formula is C21H18N2O3. The van der Waals surface area contributed by atoms with Crippen LogP contribution in [0.25, 0.3) is 10.9 Å². The molecule has 0 saturated heterocycles. The molecule has 0 atom stereocenters. The number of H-pyrrole nitrogens is 1. The zero-order valence-electron chi connectivity index (χ0n) is 14.6. The number of pyridine rings is 1. The Hall–Kier alpha value is -3.21. The van der Waals surface area contributed by atoms with E-state index in [-0.39, 0.29) is 22.7 Å². The van der Waals surface area contributed by atoms with Crippen LogP contribution >= 0.6 is 0 Å². The maximum absolute atomic E-state index is 13.1. The molecule has 0 fully saturated rings. The number of benzene rings is 2. The van der Waals surface area contributed by atoms with Crippen molar-refractivity contribution in [2.45, 2.75) is 13.8 Å². The molecular weight excluding hydrogens is 328 g/mol. The third-order valence-electron chi connectivity index (χ3n) is 4.99. The zero-order chi connectivity index (χ0) is 18.4. The maximum Gasteiger partial charge on any atom is 0.250 e.